The molecule has 1 saturated heterocycles. The third-order valence-corrected chi connectivity index (χ3v) is 3.67. The Balaban J connectivity index is 0.000000701. The highest BCUT2D eigenvalue weighted by molar-refractivity contribution is 7.97. The van der Waals surface area contributed by atoms with Crippen LogP contribution in [-0.2, 0) is 4.74 Å². The minimum absolute atomic E-state index is 0.265. The van der Waals surface area contributed by atoms with Crippen LogP contribution in [0.5, 0.6) is 0 Å². The summed E-state index contributed by atoms with van der Waals surface area (Å²) in [5, 5.41) is 3.01. The lowest BCUT2D eigenvalue weighted by Gasteiger charge is -2.34. The Hall–Kier alpha value is -2.06. The fourth-order valence-electron chi connectivity index (χ4n) is 2.50. The van der Waals surface area contributed by atoms with Crippen LogP contribution in [0.15, 0.2) is 24.4 Å². The van der Waals surface area contributed by atoms with E-state index in [-0.39, 0.29) is 6.04 Å². The zero-order valence-corrected chi connectivity index (χ0v) is 16.0. The van der Waals surface area contributed by atoms with Crippen LogP contribution in [0.1, 0.15) is 6.92 Å². The number of pyridine rings is 1. The lowest BCUT2D eigenvalue weighted by Crippen LogP contribution is -2.44. The van der Waals surface area contributed by atoms with Crippen molar-refractivity contribution in [2.24, 2.45) is 0 Å². The third kappa shape index (κ3) is 5.20. The Morgan fingerprint density at radius 3 is 2.76 bits per heavy atom. The zero-order chi connectivity index (χ0) is 18.2. The molecule has 0 radical (unpaired) electrons. The van der Waals surface area contributed by atoms with Crippen molar-refractivity contribution in [1.29, 1.82) is 0 Å². The molecule has 136 valence electrons. The number of hydrogen-bond acceptors (Lipinski definition) is 8. The van der Waals surface area contributed by atoms with Crippen LogP contribution >= 0.6 is 11.8 Å². The van der Waals surface area contributed by atoms with Gasteiger partial charge in [-0.1, -0.05) is 0 Å². The molecule has 1 aliphatic rings. The van der Waals surface area contributed by atoms with Gasteiger partial charge >= 0.3 is 0 Å². The number of morpholine rings is 1. The molecule has 0 aliphatic carbocycles. The molecule has 0 spiro atoms. The quantitative estimate of drug-likeness (QED) is 0.860. The van der Waals surface area contributed by atoms with Crippen molar-refractivity contribution in [2.75, 3.05) is 55.3 Å². The van der Waals surface area contributed by atoms with Crippen molar-refractivity contribution < 1.29 is 4.74 Å². The molecule has 8 heteroatoms. The molecule has 25 heavy (non-hydrogen) atoms. The smallest absolute Gasteiger partial charge is 0.164 e. The van der Waals surface area contributed by atoms with Crippen molar-refractivity contribution in [1.82, 2.24) is 15.0 Å². The van der Waals surface area contributed by atoms with Crippen molar-refractivity contribution in [3.8, 4) is 11.4 Å². The number of rotatable bonds is 3. The number of nitrogens with two attached hydrogens (primary N) is 1. The predicted molar refractivity (Wildman–Crippen MR) is 106 cm³/mol. The summed E-state index contributed by atoms with van der Waals surface area (Å²) in [6.07, 6.45) is 5.81. The number of ether oxygens (including phenoxy) is 1. The maximum atomic E-state index is 5.98. The Morgan fingerprint density at radius 2 is 2.08 bits per heavy atom. The Labute approximate surface area is 153 Å². The molecule has 3 N–H and O–H groups in total. The fourth-order valence-corrected chi connectivity index (χ4v) is 2.50. The van der Waals surface area contributed by atoms with Gasteiger partial charge in [-0.25, -0.2) is 15.0 Å². The molecule has 7 nitrogen and oxygen atoms in total. The van der Waals surface area contributed by atoms with E-state index < -0.39 is 0 Å². The normalized spacial score (nSPS) is 16.8. The summed E-state index contributed by atoms with van der Waals surface area (Å²) in [6.45, 7) is 4.30. The molecule has 1 atom stereocenters. The number of nitrogens with one attached hydrogen (secondary N) is 1. The van der Waals surface area contributed by atoms with Crippen molar-refractivity contribution in [3.05, 3.63) is 24.4 Å². The number of nitrogens with zero attached hydrogens (tertiary/aromatic N) is 4. The first-order valence-corrected chi connectivity index (χ1v) is 9.75. The molecule has 0 saturated carbocycles. The van der Waals surface area contributed by atoms with Gasteiger partial charge < -0.3 is 20.7 Å². The topological polar surface area (TPSA) is 89.2 Å². The molecule has 3 rings (SSSR count). The van der Waals surface area contributed by atoms with Gasteiger partial charge in [0.25, 0.3) is 0 Å². The van der Waals surface area contributed by atoms with Gasteiger partial charge in [0.15, 0.2) is 5.82 Å². The summed E-state index contributed by atoms with van der Waals surface area (Å²) in [7, 11) is 1.83. The average molecular weight is 363 g/mol. The summed E-state index contributed by atoms with van der Waals surface area (Å²) >= 11 is 1.75. The summed E-state index contributed by atoms with van der Waals surface area (Å²) < 4.78 is 5.48. The Kier molecular flexibility index (Phi) is 7.27. The Bertz CT molecular complexity index is 684. The zero-order valence-electron chi connectivity index (χ0n) is 15.2. The van der Waals surface area contributed by atoms with Crippen LogP contribution < -0.4 is 16.0 Å². The van der Waals surface area contributed by atoms with Crippen LogP contribution in [0.2, 0.25) is 0 Å². The second kappa shape index (κ2) is 9.43. The van der Waals surface area contributed by atoms with E-state index in [1.165, 1.54) is 0 Å². The number of nitrogen functional groups attached to an aromatic ring is 1. The largest absolute Gasteiger partial charge is 0.384 e. The average Bonchev–Trinajstić information content (AvgIpc) is 2.62. The van der Waals surface area contributed by atoms with Crippen molar-refractivity contribution in [2.45, 2.75) is 13.0 Å². The lowest BCUT2D eigenvalue weighted by molar-refractivity contribution is 0.0985. The van der Waals surface area contributed by atoms with E-state index in [1.807, 2.05) is 37.8 Å². The minimum atomic E-state index is 0.265. The van der Waals surface area contributed by atoms with Gasteiger partial charge in [-0.3, -0.25) is 0 Å². The van der Waals surface area contributed by atoms with Crippen LogP contribution in [0, 0.1) is 0 Å². The van der Waals surface area contributed by atoms with Gasteiger partial charge in [-0.05, 0) is 31.6 Å². The van der Waals surface area contributed by atoms with E-state index in [0.29, 0.717) is 24.9 Å². The van der Waals surface area contributed by atoms with Crippen LogP contribution in [0.3, 0.4) is 0 Å². The summed E-state index contributed by atoms with van der Waals surface area (Å²) in [5.74, 6) is 2.67. The molecule has 0 aromatic carbocycles. The highest BCUT2D eigenvalue weighted by Crippen LogP contribution is 2.24. The van der Waals surface area contributed by atoms with E-state index >= 15 is 0 Å². The van der Waals surface area contributed by atoms with Gasteiger partial charge in [-0.2, -0.15) is 11.8 Å². The second-order valence-corrected chi connectivity index (χ2v) is 6.50. The second-order valence-electron chi connectivity index (χ2n) is 5.68. The highest BCUT2D eigenvalue weighted by atomic mass is 32.2. The summed E-state index contributed by atoms with van der Waals surface area (Å²) in [5.41, 5.74) is 6.86. The lowest BCUT2D eigenvalue weighted by atomic mass is 10.2. The summed E-state index contributed by atoms with van der Waals surface area (Å²) in [6, 6.07) is 5.86. The van der Waals surface area contributed by atoms with Gasteiger partial charge in [0.1, 0.15) is 17.5 Å². The monoisotopic (exact) mass is 362 g/mol. The van der Waals surface area contributed by atoms with E-state index in [0.717, 1.165) is 23.7 Å². The maximum Gasteiger partial charge on any atom is 0.164 e. The fraction of sp³-hybridized carbons (Fsp3) is 0.471. The molecule has 1 unspecified atom stereocenters. The van der Waals surface area contributed by atoms with Gasteiger partial charge in [0.2, 0.25) is 0 Å². The predicted octanol–water partition coefficient (Wildman–Crippen LogP) is 2.37. The molecule has 0 amide bonds. The van der Waals surface area contributed by atoms with Crippen LogP contribution in [-0.4, -0.2) is 60.3 Å². The van der Waals surface area contributed by atoms with E-state index in [2.05, 4.69) is 32.1 Å². The van der Waals surface area contributed by atoms with E-state index in [9.17, 15) is 0 Å². The third-order valence-electron chi connectivity index (χ3n) is 3.67. The molecule has 3 heterocycles. The minimum Gasteiger partial charge on any atom is -0.384 e. The van der Waals surface area contributed by atoms with E-state index in [1.54, 1.807) is 18.0 Å². The number of thioether (sulfide) groups is 1. The molecule has 2 aromatic heterocycles. The van der Waals surface area contributed by atoms with Crippen LogP contribution in [0.4, 0.5) is 17.5 Å². The molecular weight excluding hydrogens is 336 g/mol. The maximum absolute atomic E-state index is 5.98. The van der Waals surface area contributed by atoms with E-state index in [4.69, 9.17) is 10.5 Å². The first-order chi connectivity index (χ1) is 12.1. The number of aromatic nitrogens is 3. The first kappa shape index (κ1) is 19.3. The standard InChI is InChI=1S/C15H20N6O.C2H6S/c1-10-9-22-6-5-21(10)14-8-12(16)19-15(20-14)11-3-4-18-13(7-11)17-2;1-3-2/h3-4,7-8,10H,5-6,9H2,1-2H3,(H,17,18)(H2,16,19,20);1-2H3. The molecule has 0 bridgehead atoms. The van der Waals surface area contributed by atoms with Crippen molar-refractivity contribution >= 4 is 29.2 Å². The summed E-state index contributed by atoms with van der Waals surface area (Å²) in [4.78, 5) is 15.4. The number of anilines is 3. The number of hydrogen-bond donors (Lipinski definition) is 2. The van der Waals surface area contributed by atoms with Gasteiger partial charge in [-0.15, -0.1) is 0 Å². The SMILES string of the molecule is CNc1cc(-c2nc(N)cc(N3CCOCC3C)n2)ccn1.CSC. The van der Waals surface area contributed by atoms with Crippen LogP contribution in [0.25, 0.3) is 11.4 Å². The highest BCUT2D eigenvalue weighted by Gasteiger charge is 2.21. The van der Waals surface area contributed by atoms with Gasteiger partial charge in [0, 0.05) is 31.4 Å². The molecule has 2 aromatic rings. The molecule has 1 fully saturated rings. The molecule has 1 aliphatic heterocycles. The first-order valence-electron chi connectivity index (χ1n) is 8.12. The Morgan fingerprint density at radius 1 is 1.32 bits per heavy atom. The molecular formula is C17H26N6OS. The van der Waals surface area contributed by atoms with Gasteiger partial charge in [0.05, 0.1) is 19.3 Å². The van der Waals surface area contributed by atoms with Crippen molar-refractivity contribution in [3.63, 3.8) is 0 Å².